The van der Waals surface area contributed by atoms with Gasteiger partial charge in [0.15, 0.2) is 0 Å². The lowest BCUT2D eigenvalue weighted by Gasteiger charge is -2.31. The maximum atomic E-state index is 14.0. The van der Waals surface area contributed by atoms with Crippen LogP contribution in [0.3, 0.4) is 0 Å². The monoisotopic (exact) mass is 270 g/mol. The van der Waals surface area contributed by atoms with E-state index in [0.29, 0.717) is 23.4 Å². The molecule has 0 aromatic heterocycles. The van der Waals surface area contributed by atoms with Crippen molar-refractivity contribution in [2.75, 3.05) is 7.05 Å². The van der Waals surface area contributed by atoms with Crippen LogP contribution >= 0.6 is 11.6 Å². The van der Waals surface area contributed by atoms with Crippen molar-refractivity contribution in [3.05, 3.63) is 34.6 Å². The fraction of sp³-hybridized carbons (Fsp3) is 0.462. The van der Waals surface area contributed by atoms with Crippen molar-refractivity contribution in [1.29, 1.82) is 0 Å². The Bertz CT molecular complexity index is 446. The van der Waals surface area contributed by atoms with Gasteiger partial charge in [-0.1, -0.05) is 17.7 Å². The Balaban J connectivity index is 2.48. The molecule has 5 heteroatoms. The number of likely N-dealkylation sites (tertiary alicyclic amines) is 1. The molecule has 0 radical (unpaired) electrons. The second-order valence-corrected chi connectivity index (χ2v) is 5.05. The molecule has 1 aromatic rings. The van der Waals surface area contributed by atoms with E-state index in [-0.39, 0.29) is 11.9 Å². The van der Waals surface area contributed by atoms with Crippen LogP contribution in [0.15, 0.2) is 18.2 Å². The van der Waals surface area contributed by atoms with Crippen LogP contribution in [0, 0.1) is 5.82 Å². The maximum absolute atomic E-state index is 14.0. The zero-order chi connectivity index (χ0) is 13.3. The van der Waals surface area contributed by atoms with E-state index < -0.39 is 11.9 Å². The van der Waals surface area contributed by atoms with Crippen molar-refractivity contribution in [2.24, 2.45) is 5.73 Å². The highest BCUT2D eigenvalue weighted by atomic mass is 35.5. The smallest absolute Gasteiger partial charge is 0.222 e. The number of benzene rings is 1. The highest BCUT2D eigenvalue weighted by Crippen LogP contribution is 2.34. The molecular weight excluding hydrogens is 255 g/mol. The molecule has 1 aliphatic heterocycles. The minimum absolute atomic E-state index is 0.0210. The molecule has 0 bridgehead atoms. The molecule has 1 saturated heterocycles. The van der Waals surface area contributed by atoms with E-state index >= 15 is 0 Å². The number of carbonyl (C=O) groups is 1. The van der Waals surface area contributed by atoms with E-state index in [2.05, 4.69) is 0 Å². The SMILES string of the molecule is CN1C(=O)CCCC(N)C1c1c(F)cccc1Cl. The number of nitrogens with zero attached hydrogens (tertiary/aromatic N) is 1. The van der Waals surface area contributed by atoms with Gasteiger partial charge in [-0.25, -0.2) is 4.39 Å². The summed E-state index contributed by atoms with van der Waals surface area (Å²) in [6.45, 7) is 0. The van der Waals surface area contributed by atoms with Gasteiger partial charge in [0.1, 0.15) is 5.82 Å². The van der Waals surface area contributed by atoms with Gasteiger partial charge in [0.25, 0.3) is 0 Å². The molecule has 0 aliphatic carbocycles. The second kappa shape index (κ2) is 5.24. The largest absolute Gasteiger partial charge is 0.337 e. The zero-order valence-electron chi connectivity index (χ0n) is 10.2. The highest BCUT2D eigenvalue weighted by molar-refractivity contribution is 6.31. The van der Waals surface area contributed by atoms with Crippen LogP contribution in [0.5, 0.6) is 0 Å². The maximum Gasteiger partial charge on any atom is 0.222 e. The van der Waals surface area contributed by atoms with Gasteiger partial charge in [-0.2, -0.15) is 0 Å². The van der Waals surface area contributed by atoms with Crippen LogP contribution in [-0.2, 0) is 4.79 Å². The average Bonchev–Trinajstić information content (AvgIpc) is 2.43. The normalized spacial score (nSPS) is 25.1. The van der Waals surface area contributed by atoms with E-state index in [1.807, 2.05) is 0 Å². The lowest BCUT2D eigenvalue weighted by atomic mass is 9.96. The van der Waals surface area contributed by atoms with Gasteiger partial charge in [0.2, 0.25) is 5.91 Å². The number of likely N-dealkylation sites (N-methyl/N-ethyl adjacent to an activating group) is 1. The molecule has 1 amide bonds. The summed E-state index contributed by atoms with van der Waals surface area (Å²) < 4.78 is 14.0. The van der Waals surface area contributed by atoms with Crippen LogP contribution in [0.1, 0.15) is 30.9 Å². The zero-order valence-corrected chi connectivity index (χ0v) is 11.0. The first-order valence-corrected chi connectivity index (χ1v) is 6.35. The lowest BCUT2D eigenvalue weighted by Crippen LogP contribution is -2.40. The predicted molar refractivity (Wildman–Crippen MR) is 68.7 cm³/mol. The third-order valence-corrected chi connectivity index (χ3v) is 3.77. The number of nitrogens with two attached hydrogens (primary N) is 1. The van der Waals surface area contributed by atoms with Gasteiger partial charge in [-0.05, 0) is 25.0 Å². The molecule has 1 aliphatic rings. The molecule has 2 unspecified atom stereocenters. The minimum Gasteiger partial charge on any atom is -0.337 e. The van der Waals surface area contributed by atoms with Gasteiger partial charge < -0.3 is 10.6 Å². The molecule has 18 heavy (non-hydrogen) atoms. The van der Waals surface area contributed by atoms with Gasteiger partial charge in [-0.15, -0.1) is 0 Å². The number of rotatable bonds is 1. The third-order valence-electron chi connectivity index (χ3n) is 3.44. The van der Waals surface area contributed by atoms with E-state index in [1.54, 1.807) is 19.2 Å². The summed E-state index contributed by atoms with van der Waals surface area (Å²) in [5.74, 6) is -0.434. The van der Waals surface area contributed by atoms with Crippen LogP contribution in [0.2, 0.25) is 5.02 Å². The number of hydrogen-bond donors (Lipinski definition) is 1. The number of amides is 1. The van der Waals surface area contributed by atoms with Crippen molar-refractivity contribution < 1.29 is 9.18 Å². The van der Waals surface area contributed by atoms with Crippen molar-refractivity contribution in [1.82, 2.24) is 4.90 Å². The molecule has 2 N–H and O–H groups in total. The van der Waals surface area contributed by atoms with Crippen LogP contribution in [0.25, 0.3) is 0 Å². The summed E-state index contributed by atoms with van der Waals surface area (Å²) in [5.41, 5.74) is 6.41. The van der Waals surface area contributed by atoms with Crippen LogP contribution < -0.4 is 5.73 Å². The summed E-state index contributed by atoms with van der Waals surface area (Å²) in [7, 11) is 1.65. The van der Waals surface area contributed by atoms with Gasteiger partial charge in [-0.3, -0.25) is 4.79 Å². The Hall–Kier alpha value is -1.13. The number of hydrogen-bond acceptors (Lipinski definition) is 2. The summed E-state index contributed by atoms with van der Waals surface area (Å²) in [6, 6.07) is 3.72. The summed E-state index contributed by atoms with van der Waals surface area (Å²) >= 11 is 6.06. The minimum atomic E-state index is -0.492. The molecular formula is C13H16ClFN2O. The number of halogens is 2. The Morgan fingerprint density at radius 2 is 2.22 bits per heavy atom. The lowest BCUT2D eigenvalue weighted by molar-refractivity contribution is -0.131. The molecule has 0 saturated carbocycles. The van der Waals surface area contributed by atoms with Crippen LogP contribution in [0.4, 0.5) is 4.39 Å². The summed E-state index contributed by atoms with van der Waals surface area (Å²) in [5, 5.41) is 0.317. The van der Waals surface area contributed by atoms with E-state index in [1.165, 1.54) is 11.0 Å². The Kier molecular flexibility index (Phi) is 3.88. The Morgan fingerprint density at radius 1 is 1.50 bits per heavy atom. The second-order valence-electron chi connectivity index (χ2n) is 4.64. The van der Waals surface area contributed by atoms with E-state index in [4.69, 9.17) is 17.3 Å². The quantitative estimate of drug-likeness (QED) is 0.852. The van der Waals surface area contributed by atoms with Crippen LogP contribution in [-0.4, -0.2) is 23.9 Å². The molecule has 2 rings (SSSR count). The van der Waals surface area contributed by atoms with E-state index in [9.17, 15) is 9.18 Å². The molecule has 3 nitrogen and oxygen atoms in total. The first-order valence-electron chi connectivity index (χ1n) is 5.97. The molecule has 1 heterocycles. The Labute approximate surface area is 111 Å². The fourth-order valence-corrected chi connectivity index (χ4v) is 2.74. The van der Waals surface area contributed by atoms with Crippen molar-refractivity contribution in [3.8, 4) is 0 Å². The van der Waals surface area contributed by atoms with Crippen molar-refractivity contribution >= 4 is 17.5 Å². The number of carbonyl (C=O) groups excluding carboxylic acids is 1. The Morgan fingerprint density at radius 3 is 2.89 bits per heavy atom. The highest BCUT2D eigenvalue weighted by Gasteiger charge is 2.33. The fourth-order valence-electron chi connectivity index (χ4n) is 2.47. The first-order chi connectivity index (χ1) is 8.52. The summed E-state index contributed by atoms with van der Waals surface area (Å²) in [4.78, 5) is 13.4. The molecule has 1 aromatic carbocycles. The van der Waals surface area contributed by atoms with Gasteiger partial charge in [0.05, 0.1) is 6.04 Å². The average molecular weight is 271 g/mol. The standard InChI is InChI=1S/C13H16ClFN2O/c1-17-11(18)7-3-6-10(16)13(17)12-8(14)4-2-5-9(12)15/h2,4-5,10,13H,3,6-7,16H2,1H3. The van der Waals surface area contributed by atoms with Gasteiger partial charge >= 0.3 is 0 Å². The summed E-state index contributed by atoms with van der Waals surface area (Å²) in [6.07, 6.45) is 1.87. The van der Waals surface area contributed by atoms with E-state index in [0.717, 1.165) is 6.42 Å². The third kappa shape index (κ3) is 2.35. The van der Waals surface area contributed by atoms with Crippen molar-refractivity contribution in [3.63, 3.8) is 0 Å². The van der Waals surface area contributed by atoms with Gasteiger partial charge in [0, 0.05) is 30.1 Å². The topological polar surface area (TPSA) is 46.3 Å². The predicted octanol–water partition coefficient (Wildman–Crippen LogP) is 2.49. The van der Waals surface area contributed by atoms with Crippen molar-refractivity contribution in [2.45, 2.75) is 31.3 Å². The molecule has 0 spiro atoms. The molecule has 2 atom stereocenters. The first kappa shape index (κ1) is 13.3. The molecule has 1 fully saturated rings. The molecule has 98 valence electrons.